The molecule has 184 valence electrons. The number of hydrogen-bond donors (Lipinski definition) is 2. The molecule has 0 heterocycles. The van der Waals surface area contributed by atoms with Crippen LogP contribution in [0.25, 0.3) is 0 Å². The first kappa shape index (κ1) is 27.0. The van der Waals surface area contributed by atoms with Crippen molar-refractivity contribution in [2.45, 2.75) is 22.8 Å². The smallest absolute Gasteiger partial charge is 0.390 e. The van der Waals surface area contributed by atoms with Gasteiger partial charge in [0, 0.05) is 18.2 Å². The number of ether oxygens (including phenoxy) is 1. The van der Waals surface area contributed by atoms with Gasteiger partial charge in [-0.1, -0.05) is 34.8 Å². The van der Waals surface area contributed by atoms with Crippen molar-refractivity contribution in [1.29, 1.82) is 0 Å². The number of methoxy groups -OCH3 is 1. The SMILES string of the molecule is COc1c(Cl)cc([C@H]2[C@H](C(=O)Nc3ccc(Cl)c(C(=O)NCCC(F)(F)F)c3)C2(Cl)Cl)cc1Cl. The first-order valence-electron chi connectivity index (χ1n) is 9.62. The Morgan fingerprint density at radius 1 is 1.06 bits per heavy atom. The first-order valence-corrected chi connectivity index (χ1v) is 11.5. The number of amides is 2. The zero-order valence-corrected chi connectivity index (χ0v) is 21.0. The van der Waals surface area contributed by atoms with Crippen molar-refractivity contribution in [2.75, 3.05) is 19.0 Å². The second-order valence-corrected chi connectivity index (χ2v) is 10.1. The number of nitrogens with one attached hydrogen (secondary N) is 2. The van der Waals surface area contributed by atoms with Crippen LogP contribution in [0.1, 0.15) is 28.3 Å². The lowest BCUT2D eigenvalue weighted by Crippen LogP contribution is -2.28. The van der Waals surface area contributed by atoms with E-state index in [1.807, 2.05) is 0 Å². The van der Waals surface area contributed by atoms with Crippen LogP contribution >= 0.6 is 58.0 Å². The largest absolute Gasteiger partial charge is 0.494 e. The standard InChI is InChI=1S/C21H16Cl5F3N2O3/c1-34-17-13(23)6-9(7-14(17)24)15-16(21(15,25)26)19(33)31-10-2-3-12(22)11(8-10)18(32)30-5-4-20(27,28)29/h2-3,6-8,15-16H,4-5H2,1H3,(H,30,32)(H,31,33)/t15-,16+/m0/s1. The van der Waals surface area contributed by atoms with Crippen LogP contribution < -0.4 is 15.4 Å². The molecular formula is C21H16Cl5F3N2O3. The summed E-state index contributed by atoms with van der Waals surface area (Å²) in [6.07, 6.45) is -5.61. The number of carbonyl (C=O) groups is 2. The highest BCUT2D eigenvalue weighted by atomic mass is 35.5. The maximum absolute atomic E-state index is 12.9. The van der Waals surface area contributed by atoms with Crippen LogP contribution in [0.15, 0.2) is 30.3 Å². The van der Waals surface area contributed by atoms with E-state index in [0.29, 0.717) is 5.56 Å². The molecule has 34 heavy (non-hydrogen) atoms. The molecule has 2 aromatic rings. The molecule has 0 saturated heterocycles. The van der Waals surface area contributed by atoms with Crippen molar-refractivity contribution >= 4 is 75.5 Å². The average molecular weight is 579 g/mol. The summed E-state index contributed by atoms with van der Waals surface area (Å²) in [5, 5.41) is 5.18. The Kier molecular flexibility index (Phi) is 8.10. The summed E-state index contributed by atoms with van der Waals surface area (Å²) in [6, 6.07) is 7.10. The number of halogens is 8. The highest BCUT2D eigenvalue weighted by Crippen LogP contribution is 2.65. The Balaban J connectivity index is 1.73. The molecule has 0 bridgehead atoms. The van der Waals surface area contributed by atoms with E-state index in [-0.39, 0.29) is 32.1 Å². The maximum atomic E-state index is 12.9. The predicted octanol–water partition coefficient (Wildman–Crippen LogP) is 6.86. The molecule has 2 N–H and O–H groups in total. The molecule has 2 amide bonds. The highest BCUT2D eigenvalue weighted by molar-refractivity contribution is 6.53. The second kappa shape index (κ2) is 10.2. The summed E-state index contributed by atoms with van der Waals surface area (Å²) < 4.78 is 40.6. The number of carbonyl (C=O) groups excluding carboxylic acids is 2. The van der Waals surface area contributed by atoms with E-state index in [1.54, 1.807) is 12.1 Å². The fourth-order valence-corrected chi connectivity index (χ4v) is 5.12. The van der Waals surface area contributed by atoms with Crippen molar-refractivity contribution < 1.29 is 27.5 Å². The maximum Gasteiger partial charge on any atom is 0.390 e. The van der Waals surface area contributed by atoms with Gasteiger partial charge in [0.1, 0.15) is 4.33 Å². The van der Waals surface area contributed by atoms with E-state index in [2.05, 4.69) is 10.6 Å². The Morgan fingerprint density at radius 3 is 2.24 bits per heavy atom. The van der Waals surface area contributed by atoms with Gasteiger partial charge in [0.2, 0.25) is 5.91 Å². The molecule has 3 rings (SSSR count). The number of alkyl halides is 5. The van der Waals surface area contributed by atoms with E-state index in [9.17, 15) is 22.8 Å². The minimum Gasteiger partial charge on any atom is -0.494 e. The summed E-state index contributed by atoms with van der Waals surface area (Å²) in [5.74, 6) is -2.61. The predicted molar refractivity (Wildman–Crippen MR) is 127 cm³/mol. The van der Waals surface area contributed by atoms with Gasteiger partial charge in [-0.15, -0.1) is 23.2 Å². The summed E-state index contributed by atoms with van der Waals surface area (Å²) in [7, 11) is 1.41. The van der Waals surface area contributed by atoms with Gasteiger partial charge >= 0.3 is 6.18 Å². The fraction of sp³-hybridized carbons (Fsp3) is 0.333. The quantitative estimate of drug-likeness (QED) is 0.353. The molecule has 5 nitrogen and oxygen atoms in total. The van der Waals surface area contributed by atoms with Gasteiger partial charge in [0.15, 0.2) is 5.75 Å². The van der Waals surface area contributed by atoms with E-state index in [4.69, 9.17) is 62.7 Å². The molecule has 13 heteroatoms. The van der Waals surface area contributed by atoms with Gasteiger partial charge in [0.05, 0.1) is 40.1 Å². The molecule has 0 aromatic heterocycles. The van der Waals surface area contributed by atoms with Gasteiger partial charge in [-0.25, -0.2) is 0 Å². The molecule has 1 aliphatic carbocycles. The molecule has 0 spiro atoms. The summed E-state index contributed by atoms with van der Waals surface area (Å²) >= 11 is 31.1. The van der Waals surface area contributed by atoms with Crippen LogP contribution in [0.3, 0.4) is 0 Å². The van der Waals surface area contributed by atoms with Crippen molar-refractivity contribution in [1.82, 2.24) is 5.32 Å². The zero-order chi connectivity index (χ0) is 25.4. The number of hydrogen-bond acceptors (Lipinski definition) is 3. The van der Waals surface area contributed by atoms with Crippen LogP contribution in [0.5, 0.6) is 5.75 Å². The molecular weight excluding hydrogens is 563 g/mol. The van der Waals surface area contributed by atoms with Gasteiger partial charge < -0.3 is 15.4 Å². The first-order chi connectivity index (χ1) is 15.8. The lowest BCUT2D eigenvalue weighted by atomic mass is 10.1. The zero-order valence-electron chi connectivity index (χ0n) is 17.2. The van der Waals surface area contributed by atoms with Crippen LogP contribution in [0.4, 0.5) is 18.9 Å². The lowest BCUT2D eigenvalue weighted by molar-refractivity contribution is -0.133. The summed E-state index contributed by atoms with van der Waals surface area (Å²) in [5.41, 5.74) is 0.600. The topological polar surface area (TPSA) is 67.4 Å². The number of anilines is 1. The van der Waals surface area contributed by atoms with Crippen LogP contribution in [-0.2, 0) is 4.79 Å². The van der Waals surface area contributed by atoms with E-state index < -0.39 is 47.1 Å². The minimum atomic E-state index is -4.42. The fourth-order valence-electron chi connectivity index (χ4n) is 3.43. The summed E-state index contributed by atoms with van der Waals surface area (Å²) in [4.78, 5) is 25.1. The molecule has 1 fully saturated rings. The summed E-state index contributed by atoms with van der Waals surface area (Å²) in [6.45, 7) is -0.618. The third-order valence-corrected chi connectivity index (χ3v) is 6.92. The molecule has 2 atom stereocenters. The third-order valence-electron chi connectivity index (χ3n) is 5.09. The van der Waals surface area contributed by atoms with E-state index in [0.717, 1.165) is 0 Å². The van der Waals surface area contributed by atoms with Crippen molar-refractivity contribution in [3.05, 3.63) is 56.5 Å². The number of rotatable bonds is 7. The van der Waals surface area contributed by atoms with E-state index >= 15 is 0 Å². The van der Waals surface area contributed by atoms with Crippen molar-refractivity contribution in [3.8, 4) is 5.75 Å². The monoisotopic (exact) mass is 576 g/mol. The molecule has 1 aliphatic rings. The third kappa shape index (κ3) is 5.97. The van der Waals surface area contributed by atoms with Crippen molar-refractivity contribution in [3.63, 3.8) is 0 Å². The normalized spacial score (nSPS) is 18.9. The Morgan fingerprint density at radius 2 is 1.68 bits per heavy atom. The Hall–Kier alpha value is -1.58. The van der Waals surface area contributed by atoms with Crippen LogP contribution in [-0.4, -0.2) is 36.0 Å². The Bertz CT molecular complexity index is 1100. The Labute approximate surface area is 217 Å². The van der Waals surface area contributed by atoms with Crippen molar-refractivity contribution in [2.24, 2.45) is 5.92 Å². The second-order valence-electron chi connectivity index (χ2n) is 7.45. The van der Waals surface area contributed by atoms with Crippen LogP contribution in [0, 0.1) is 5.92 Å². The van der Waals surface area contributed by atoms with Gasteiger partial charge in [-0.3, -0.25) is 9.59 Å². The van der Waals surface area contributed by atoms with Crippen LogP contribution in [0.2, 0.25) is 15.1 Å². The minimum absolute atomic E-state index is 0.00152. The average Bonchev–Trinajstić information content (AvgIpc) is 3.30. The lowest BCUT2D eigenvalue weighted by Gasteiger charge is -2.11. The van der Waals surface area contributed by atoms with Gasteiger partial charge in [0.25, 0.3) is 5.91 Å². The molecule has 2 aromatic carbocycles. The highest BCUT2D eigenvalue weighted by Gasteiger charge is 2.67. The molecule has 0 radical (unpaired) electrons. The number of benzene rings is 2. The molecule has 0 aliphatic heterocycles. The van der Waals surface area contributed by atoms with Gasteiger partial charge in [-0.2, -0.15) is 13.2 Å². The van der Waals surface area contributed by atoms with Gasteiger partial charge in [-0.05, 0) is 35.9 Å². The molecule has 0 unspecified atom stereocenters. The molecule has 1 saturated carbocycles. The van der Waals surface area contributed by atoms with E-state index in [1.165, 1.54) is 25.3 Å².